The third-order valence-corrected chi connectivity index (χ3v) is 3.45. The molecule has 1 heterocycles. The Morgan fingerprint density at radius 1 is 1.00 bits per heavy atom. The molecular weight excluding hydrogens is 316 g/mol. The van der Waals surface area contributed by atoms with E-state index in [2.05, 4.69) is 26.2 Å². The van der Waals surface area contributed by atoms with Crippen LogP contribution in [-0.4, -0.2) is 11.7 Å². The van der Waals surface area contributed by atoms with Crippen LogP contribution in [0, 0.1) is 0 Å². The number of carbonyl (C=O) groups is 1. The van der Waals surface area contributed by atoms with E-state index < -0.39 is 0 Å². The second kappa shape index (κ2) is 5.43. The fraction of sp³-hybridized carbons (Fsp3) is 0. The van der Waals surface area contributed by atoms with E-state index in [1.165, 1.54) is 0 Å². The average Bonchev–Trinajstić information content (AvgIpc) is 2.82. The maximum Gasteiger partial charge on any atom is 0.275 e. The summed E-state index contributed by atoms with van der Waals surface area (Å²) < 4.78 is 0.992. The highest BCUT2D eigenvalue weighted by Gasteiger charge is 2.20. The number of amidine groups is 1. The zero-order valence-electron chi connectivity index (χ0n) is 10.5. The van der Waals surface area contributed by atoms with Crippen molar-refractivity contribution in [1.29, 1.82) is 0 Å². The van der Waals surface area contributed by atoms with Gasteiger partial charge in [0.2, 0.25) is 0 Å². The van der Waals surface area contributed by atoms with E-state index in [9.17, 15) is 4.79 Å². The number of amides is 1. The molecule has 0 saturated heterocycles. The van der Waals surface area contributed by atoms with E-state index >= 15 is 0 Å². The first-order chi connectivity index (χ1) is 9.72. The predicted octanol–water partition coefficient (Wildman–Crippen LogP) is 3.37. The van der Waals surface area contributed by atoms with Crippen molar-refractivity contribution in [3.8, 4) is 0 Å². The van der Waals surface area contributed by atoms with Crippen LogP contribution in [0.1, 0.15) is 11.1 Å². The maximum absolute atomic E-state index is 11.9. The Labute approximate surface area is 125 Å². The van der Waals surface area contributed by atoms with Gasteiger partial charge in [-0.1, -0.05) is 58.4 Å². The van der Waals surface area contributed by atoms with Crippen LogP contribution < -0.4 is 5.32 Å². The number of aliphatic imine (C=N–C) groups is 1. The number of nitrogens with one attached hydrogen (secondary N) is 1. The molecule has 0 aromatic heterocycles. The molecular formula is C16H11BrN2O. The molecule has 4 heteroatoms. The van der Waals surface area contributed by atoms with Gasteiger partial charge in [-0.15, -0.1) is 0 Å². The summed E-state index contributed by atoms with van der Waals surface area (Å²) >= 11 is 3.38. The third-order valence-electron chi connectivity index (χ3n) is 2.92. The van der Waals surface area contributed by atoms with Gasteiger partial charge in [-0.05, 0) is 23.8 Å². The van der Waals surface area contributed by atoms with E-state index in [-0.39, 0.29) is 5.91 Å². The van der Waals surface area contributed by atoms with Crippen LogP contribution in [-0.2, 0) is 4.79 Å². The Balaban J connectivity index is 1.93. The first-order valence-electron chi connectivity index (χ1n) is 6.15. The zero-order chi connectivity index (χ0) is 13.9. The lowest BCUT2D eigenvalue weighted by Gasteiger charge is -1.99. The van der Waals surface area contributed by atoms with Crippen LogP contribution in [0.2, 0.25) is 0 Å². The van der Waals surface area contributed by atoms with Gasteiger partial charge in [0.05, 0.1) is 0 Å². The summed E-state index contributed by atoms with van der Waals surface area (Å²) in [6, 6.07) is 17.3. The lowest BCUT2D eigenvalue weighted by molar-refractivity contribution is -0.115. The lowest BCUT2D eigenvalue weighted by Crippen LogP contribution is -2.24. The highest BCUT2D eigenvalue weighted by atomic mass is 79.9. The molecule has 0 atom stereocenters. The molecule has 0 saturated carbocycles. The third kappa shape index (κ3) is 2.70. The Morgan fingerprint density at radius 2 is 1.70 bits per heavy atom. The molecule has 98 valence electrons. The SMILES string of the molecule is O=C1NC(c2ccc(Br)cc2)=N/C1=C/c1ccccc1. The summed E-state index contributed by atoms with van der Waals surface area (Å²) in [4.78, 5) is 16.3. The highest BCUT2D eigenvalue weighted by Crippen LogP contribution is 2.16. The van der Waals surface area contributed by atoms with Crippen LogP contribution >= 0.6 is 15.9 Å². The van der Waals surface area contributed by atoms with Crippen molar-refractivity contribution < 1.29 is 4.79 Å². The normalized spacial score (nSPS) is 16.1. The molecule has 0 unspecified atom stereocenters. The van der Waals surface area contributed by atoms with Crippen LogP contribution in [0.3, 0.4) is 0 Å². The van der Waals surface area contributed by atoms with Crippen LogP contribution in [0.25, 0.3) is 6.08 Å². The minimum atomic E-state index is -0.174. The van der Waals surface area contributed by atoms with Gasteiger partial charge in [0.25, 0.3) is 5.91 Å². The van der Waals surface area contributed by atoms with Crippen molar-refractivity contribution in [2.75, 3.05) is 0 Å². The molecule has 3 nitrogen and oxygen atoms in total. The van der Waals surface area contributed by atoms with E-state index in [1.54, 1.807) is 6.08 Å². The molecule has 1 amide bonds. The molecule has 2 aromatic carbocycles. The fourth-order valence-corrected chi connectivity index (χ4v) is 2.18. The first kappa shape index (κ1) is 12.8. The molecule has 20 heavy (non-hydrogen) atoms. The number of carbonyl (C=O) groups excluding carboxylic acids is 1. The topological polar surface area (TPSA) is 41.5 Å². The Hall–Kier alpha value is -2.20. The average molecular weight is 327 g/mol. The molecule has 1 aliphatic heterocycles. The second-order valence-corrected chi connectivity index (χ2v) is 5.28. The summed E-state index contributed by atoms with van der Waals surface area (Å²) in [6.07, 6.45) is 1.78. The van der Waals surface area contributed by atoms with Gasteiger partial charge < -0.3 is 5.32 Å². The van der Waals surface area contributed by atoms with Gasteiger partial charge in [-0.2, -0.15) is 0 Å². The Kier molecular flexibility index (Phi) is 3.48. The molecule has 3 rings (SSSR count). The smallest absolute Gasteiger partial charge is 0.275 e. The van der Waals surface area contributed by atoms with Crippen molar-refractivity contribution in [2.24, 2.45) is 4.99 Å². The van der Waals surface area contributed by atoms with Crippen LogP contribution in [0.15, 0.2) is 69.8 Å². The second-order valence-electron chi connectivity index (χ2n) is 4.36. The van der Waals surface area contributed by atoms with Crippen molar-refractivity contribution in [3.63, 3.8) is 0 Å². The van der Waals surface area contributed by atoms with E-state index in [0.717, 1.165) is 15.6 Å². The van der Waals surface area contributed by atoms with Crippen molar-refractivity contribution in [3.05, 3.63) is 75.9 Å². The predicted molar refractivity (Wildman–Crippen MR) is 83.2 cm³/mol. The van der Waals surface area contributed by atoms with Crippen molar-refractivity contribution >= 4 is 33.7 Å². The van der Waals surface area contributed by atoms with Crippen LogP contribution in [0.5, 0.6) is 0 Å². The summed E-state index contributed by atoms with van der Waals surface area (Å²) in [6.45, 7) is 0. The van der Waals surface area contributed by atoms with Gasteiger partial charge in [-0.25, -0.2) is 4.99 Å². The summed E-state index contributed by atoms with van der Waals surface area (Å²) in [5.74, 6) is 0.413. The summed E-state index contributed by atoms with van der Waals surface area (Å²) in [5.41, 5.74) is 2.27. The van der Waals surface area contributed by atoms with Crippen molar-refractivity contribution in [1.82, 2.24) is 5.32 Å². The quantitative estimate of drug-likeness (QED) is 0.844. The van der Waals surface area contributed by atoms with Gasteiger partial charge in [0.15, 0.2) is 0 Å². The van der Waals surface area contributed by atoms with Crippen molar-refractivity contribution in [2.45, 2.75) is 0 Å². The number of nitrogens with zero attached hydrogens (tertiary/aromatic N) is 1. The number of hydrogen-bond donors (Lipinski definition) is 1. The molecule has 0 spiro atoms. The first-order valence-corrected chi connectivity index (χ1v) is 6.94. The summed E-state index contributed by atoms with van der Waals surface area (Å²) in [5, 5.41) is 2.79. The van der Waals surface area contributed by atoms with Gasteiger partial charge in [-0.3, -0.25) is 4.79 Å². The molecule has 1 aliphatic rings. The Morgan fingerprint density at radius 3 is 2.40 bits per heavy atom. The molecule has 1 N–H and O–H groups in total. The van der Waals surface area contributed by atoms with E-state index in [0.29, 0.717) is 11.5 Å². The molecule has 0 bridgehead atoms. The number of halogens is 1. The molecule has 0 radical (unpaired) electrons. The lowest BCUT2D eigenvalue weighted by atomic mass is 10.2. The van der Waals surface area contributed by atoms with E-state index in [1.807, 2.05) is 54.6 Å². The largest absolute Gasteiger partial charge is 0.305 e. The monoisotopic (exact) mass is 326 g/mol. The molecule has 0 fully saturated rings. The van der Waals surface area contributed by atoms with Gasteiger partial charge in [0, 0.05) is 10.0 Å². The molecule has 2 aromatic rings. The fourth-order valence-electron chi connectivity index (χ4n) is 1.92. The highest BCUT2D eigenvalue weighted by molar-refractivity contribution is 9.10. The maximum atomic E-state index is 11.9. The van der Waals surface area contributed by atoms with Gasteiger partial charge >= 0.3 is 0 Å². The standard InChI is InChI=1S/C16H11BrN2O/c17-13-8-6-12(7-9-13)15-18-14(16(20)19-15)10-11-4-2-1-3-5-11/h1-10H,(H,18,19,20)/b14-10+. The minimum absolute atomic E-state index is 0.174. The van der Waals surface area contributed by atoms with Gasteiger partial charge in [0.1, 0.15) is 11.5 Å². The molecule has 0 aliphatic carbocycles. The minimum Gasteiger partial charge on any atom is -0.305 e. The number of rotatable bonds is 2. The number of benzene rings is 2. The summed E-state index contributed by atoms with van der Waals surface area (Å²) in [7, 11) is 0. The van der Waals surface area contributed by atoms with E-state index in [4.69, 9.17) is 0 Å². The zero-order valence-corrected chi connectivity index (χ0v) is 12.1. The Bertz CT molecular complexity index is 703. The number of hydrogen-bond acceptors (Lipinski definition) is 2. The van der Waals surface area contributed by atoms with Crippen LogP contribution in [0.4, 0.5) is 0 Å².